The Morgan fingerprint density at radius 1 is 0.975 bits per heavy atom. The Kier molecular flexibility index (Phi) is 14.6. The number of nitrogens with one attached hydrogen (secondary N) is 1. The molecule has 0 aromatic heterocycles. The third-order valence-electron chi connectivity index (χ3n) is 7.72. The fourth-order valence-corrected chi connectivity index (χ4v) is 5.37. The third-order valence-corrected chi connectivity index (χ3v) is 7.72. The smallest absolute Gasteiger partial charge is 0.125 e. The van der Waals surface area contributed by atoms with E-state index in [-0.39, 0.29) is 11.7 Å². The molecular formula is C33H53F2N5. The number of aliphatic imine (C=N–C) groups is 1. The molecule has 0 aromatic rings. The monoisotopic (exact) mass is 557 g/mol. The molecule has 0 aliphatic carbocycles. The normalized spacial score (nSPS) is 21.7. The first-order chi connectivity index (χ1) is 19.0. The van der Waals surface area contributed by atoms with Gasteiger partial charge < -0.3 is 10.2 Å². The molecule has 2 heterocycles. The average molecular weight is 558 g/mol. The van der Waals surface area contributed by atoms with Gasteiger partial charge in [0, 0.05) is 64.0 Å². The van der Waals surface area contributed by atoms with E-state index < -0.39 is 6.17 Å². The molecule has 0 radical (unpaired) electrons. The molecule has 2 aliphatic rings. The number of piperidine rings is 1. The summed E-state index contributed by atoms with van der Waals surface area (Å²) in [5.41, 5.74) is 4.44. The first-order valence-corrected chi connectivity index (χ1v) is 14.8. The molecule has 0 bridgehead atoms. The summed E-state index contributed by atoms with van der Waals surface area (Å²) in [7, 11) is 1.88. The van der Waals surface area contributed by atoms with Crippen molar-refractivity contribution in [3.05, 3.63) is 71.3 Å². The second kappa shape index (κ2) is 17.3. The summed E-state index contributed by atoms with van der Waals surface area (Å²) in [5, 5.41) is 3.37. The number of allylic oxidation sites excluding steroid dienone is 7. The van der Waals surface area contributed by atoms with Crippen molar-refractivity contribution in [3.8, 4) is 0 Å². The van der Waals surface area contributed by atoms with E-state index >= 15 is 0 Å². The Hall–Kier alpha value is -2.51. The Morgan fingerprint density at radius 2 is 1.62 bits per heavy atom. The number of rotatable bonds is 12. The van der Waals surface area contributed by atoms with Crippen LogP contribution in [0, 0.1) is 5.92 Å². The van der Waals surface area contributed by atoms with Gasteiger partial charge in [-0.25, -0.2) is 8.78 Å². The molecule has 1 N–H and O–H groups in total. The van der Waals surface area contributed by atoms with Gasteiger partial charge in [-0.3, -0.25) is 14.8 Å². The SMILES string of the molecule is C=C(NC/C(C)=C/C=C(\C)F)C(C)/C=C(/C)C(=NC)N1CCN(C2CCN(C/C(C)=C/C=CC(C)F)CC2)CC1. The van der Waals surface area contributed by atoms with E-state index in [2.05, 4.69) is 58.4 Å². The summed E-state index contributed by atoms with van der Waals surface area (Å²) in [6, 6.07) is 0.643. The third kappa shape index (κ3) is 11.9. The maximum absolute atomic E-state index is 13.0. The Labute approximate surface area is 242 Å². The minimum atomic E-state index is -0.897. The van der Waals surface area contributed by atoms with Crippen LogP contribution < -0.4 is 5.32 Å². The zero-order valence-electron chi connectivity index (χ0n) is 26.0. The lowest BCUT2D eigenvalue weighted by Crippen LogP contribution is -2.54. The van der Waals surface area contributed by atoms with E-state index in [1.165, 1.54) is 37.0 Å². The highest BCUT2D eigenvalue weighted by Crippen LogP contribution is 2.21. The molecule has 40 heavy (non-hydrogen) atoms. The first kappa shape index (κ1) is 33.7. The van der Waals surface area contributed by atoms with E-state index in [0.717, 1.165) is 62.9 Å². The Bertz CT molecular complexity index is 984. The highest BCUT2D eigenvalue weighted by Gasteiger charge is 2.28. The number of hydrogen-bond acceptors (Lipinski definition) is 4. The molecule has 2 unspecified atom stereocenters. The van der Waals surface area contributed by atoms with Gasteiger partial charge in [0.2, 0.25) is 0 Å². The topological polar surface area (TPSA) is 34.1 Å². The predicted octanol–water partition coefficient (Wildman–Crippen LogP) is 6.46. The number of nitrogens with zero attached hydrogens (tertiary/aromatic N) is 4. The minimum Gasteiger partial charge on any atom is -0.385 e. The van der Waals surface area contributed by atoms with Crippen LogP contribution in [0.3, 0.4) is 0 Å². The number of piperazine rings is 1. The summed E-state index contributed by atoms with van der Waals surface area (Å²) < 4.78 is 25.9. The highest BCUT2D eigenvalue weighted by molar-refractivity contribution is 5.97. The second-order valence-corrected chi connectivity index (χ2v) is 11.4. The number of halogens is 2. The van der Waals surface area contributed by atoms with Gasteiger partial charge in [0.25, 0.3) is 0 Å². The minimum absolute atomic E-state index is 0.149. The molecule has 224 valence electrons. The van der Waals surface area contributed by atoms with E-state index in [0.29, 0.717) is 12.6 Å². The Balaban J connectivity index is 1.81. The first-order valence-electron chi connectivity index (χ1n) is 14.8. The van der Waals surface area contributed by atoms with Gasteiger partial charge >= 0.3 is 0 Å². The highest BCUT2D eigenvalue weighted by atomic mass is 19.1. The van der Waals surface area contributed by atoms with Gasteiger partial charge in [-0.15, -0.1) is 0 Å². The van der Waals surface area contributed by atoms with Crippen molar-refractivity contribution < 1.29 is 8.78 Å². The number of likely N-dealkylation sites (tertiary alicyclic amines) is 1. The van der Waals surface area contributed by atoms with Crippen LogP contribution in [0.25, 0.3) is 0 Å². The molecule has 5 nitrogen and oxygen atoms in total. The van der Waals surface area contributed by atoms with Crippen molar-refractivity contribution in [1.82, 2.24) is 20.0 Å². The van der Waals surface area contributed by atoms with Crippen LogP contribution >= 0.6 is 0 Å². The van der Waals surface area contributed by atoms with Gasteiger partial charge in [-0.2, -0.15) is 0 Å². The van der Waals surface area contributed by atoms with Crippen LogP contribution in [-0.4, -0.2) is 92.2 Å². The van der Waals surface area contributed by atoms with Gasteiger partial charge in [0.1, 0.15) is 12.0 Å². The van der Waals surface area contributed by atoms with E-state index in [1.807, 2.05) is 26.1 Å². The predicted molar refractivity (Wildman–Crippen MR) is 168 cm³/mol. The summed E-state index contributed by atoms with van der Waals surface area (Å²) in [4.78, 5) is 12.3. The summed E-state index contributed by atoms with van der Waals surface area (Å²) in [5.74, 6) is 1.01. The molecule has 2 aliphatic heterocycles. The van der Waals surface area contributed by atoms with Gasteiger partial charge in [-0.05, 0) is 72.2 Å². The van der Waals surface area contributed by atoms with Crippen LogP contribution in [0.4, 0.5) is 8.78 Å². The van der Waals surface area contributed by atoms with E-state index in [1.54, 1.807) is 19.1 Å². The van der Waals surface area contributed by atoms with Gasteiger partial charge in [0.15, 0.2) is 0 Å². The zero-order chi connectivity index (χ0) is 29.7. The van der Waals surface area contributed by atoms with Crippen molar-refractivity contribution in [2.75, 3.05) is 59.4 Å². The molecule has 2 rings (SSSR count). The number of alkyl halides is 1. The standard InChI is InChI=1S/C33H53F2N5/c1-25(12-13-30(6)35)23-37-31(7)27(3)22-28(4)33(36-8)40-20-18-39(19-21-40)32-14-16-38(17-15-32)24-26(2)10-9-11-29(5)34/h9-13,22,27,29,32,37H,7,14-21,23-24H2,1-6,8H3/b11-9?,25-12+,26-10+,28-22-,30-13+,36-33?. The fraction of sp³-hybridized carbons (Fsp3) is 0.606. The molecule has 0 aromatic carbocycles. The summed E-state index contributed by atoms with van der Waals surface area (Å²) >= 11 is 0. The largest absolute Gasteiger partial charge is 0.385 e. The zero-order valence-corrected chi connectivity index (χ0v) is 26.0. The number of hydrogen-bond donors (Lipinski definition) is 1. The van der Waals surface area contributed by atoms with Crippen LogP contribution in [-0.2, 0) is 0 Å². The molecule has 0 saturated carbocycles. The summed E-state index contributed by atoms with van der Waals surface area (Å²) in [6.07, 6.45) is 12.5. The van der Waals surface area contributed by atoms with E-state index in [9.17, 15) is 8.78 Å². The molecule has 0 amide bonds. The quantitative estimate of drug-likeness (QED) is 0.170. The summed E-state index contributed by atoms with van der Waals surface area (Å²) in [6.45, 7) is 23.5. The lowest BCUT2D eigenvalue weighted by atomic mass is 10.0. The van der Waals surface area contributed by atoms with Crippen LogP contribution in [0.2, 0.25) is 0 Å². The second-order valence-electron chi connectivity index (χ2n) is 11.4. The van der Waals surface area contributed by atoms with Crippen molar-refractivity contribution in [2.45, 2.75) is 66.6 Å². The van der Waals surface area contributed by atoms with Crippen LogP contribution in [0.15, 0.2) is 76.3 Å². The van der Waals surface area contributed by atoms with Crippen molar-refractivity contribution in [2.24, 2.45) is 10.9 Å². The molecule has 7 heteroatoms. The van der Waals surface area contributed by atoms with Gasteiger partial charge in [-0.1, -0.05) is 55.0 Å². The van der Waals surface area contributed by atoms with Crippen LogP contribution in [0.5, 0.6) is 0 Å². The van der Waals surface area contributed by atoms with Crippen molar-refractivity contribution >= 4 is 5.84 Å². The molecule has 2 saturated heterocycles. The van der Waals surface area contributed by atoms with Crippen LogP contribution in [0.1, 0.15) is 54.4 Å². The lowest BCUT2D eigenvalue weighted by Gasteiger charge is -2.43. The van der Waals surface area contributed by atoms with Gasteiger partial charge in [0.05, 0.1) is 5.83 Å². The van der Waals surface area contributed by atoms with Crippen molar-refractivity contribution in [1.29, 1.82) is 0 Å². The van der Waals surface area contributed by atoms with Crippen molar-refractivity contribution in [3.63, 3.8) is 0 Å². The molecule has 2 atom stereocenters. The fourth-order valence-electron chi connectivity index (χ4n) is 5.37. The Morgan fingerprint density at radius 3 is 2.20 bits per heavy atom. The molecular weight excluding hydrogens is 504 g/mol. The maximum atomic E-state index is 13.0. The maximum Gasteiger partial charge on any atom is 0.125 e. The molecule has 0 spiro atoms. The lowest BCUT2D eigenvalue weighted by molar-refractivity contribution is 0.0813. The number of amidine groups is 1. The average Bonchev–Trinajstić information content (AvgIpc) is 2.91. The molecule has 2 fully saturated rings. The van der Waals surface area contributed by atoms with E-state index in [4.69, 9.17) is 0 Å².